The minimum atomic E-state index is -0.175. The van der Waals surface area contributed by atoms with Gasteiger partial charge in [-0.25, -0.2) is 0 Å². The van der Waals surface area contributed by atoms with Gasteiger partial charge in [-0.05, 0) is 25.5 Å². The third-order valence-electron chi connectivity index (χ3n) is 1.68. The predicted octanol–water partition coefficient (Wildman–Crippen LogP) is 1.06. The van der Waals surface area contributed by atoms with Gasteiger partial charge in [-0.15, -0.1) is 0 Å². The fraction of sp³-hybridized carbons (Fsp3) is 0.333. The summed E-state index contributed by atoms with van der Waals surface area (Å²) in [5, 5.41) is 17.6. The van der Waals surface area contributed by atoms with Gasteiger partial charge in [-0.1, -0.05) is 0 Å². The SMILES string of the molecule is Cc1cc(C)c(C#N)c(CO)n1. The van der Waals surface area contributed by atoms with Crippen LogP contribution in [0.15, 0.2) is 6.07 Å². The van der Waals surface area contributed by atoms with Gasteiger partial charge >= 0.3 is 0 Å². The van der Waals surface area contributed by atoms with E-state index in [1.807, 2.05) is 26.0 Å². The number of hydrogen-bond acceptors (Lipinski definition) is 3. The number of nitriles is 1. The Labute approximate surface area is 71.3 Å². The number of hydrogen-bond donors (Lipinski definition) is 1. The lowest BCUT2D eigenvalue weighted by atomic mass is 10.1. The third-order valence-corrected chi connectivity index (χ3v) is 1.68. The van der Waals surface area contributed by atoms with E-state index in [0.29, 0.717) is 11.3 Å². The normalized spacial score (nSPS) is 9.50. The maximum Gasteiger partial charge on any atom is 0.101 e. The number of aliphatic hydroxyl groups is 1. The smallest absolute Gasteiger partial charge is 0.101 e. The molecule has 0 amide bonds. The van der Waals surface area contributed by atoms with Crippen molar-refractivity contribution in [1.29, 1.82) is 5.26 Å². The number of nitrogens with zero attached hydrogens (tertiary/aromatic N) is 2. The molecule has 0 aliphatic rings. The van der Waals surface area contributed by atoms with Crippen LogP contribution in [0, 0.1) is 25.2 Å². The van der Waals surface area contributed by atoms with E-state index in [-0.39, 0.29) is 6.61 Å². The van der Waals surface area contributed by atoms with Gasteiger partial charge in [0, 0.05) is 5.69 Å². The molecular weight excluding hydrogens is 152 g/mol. The van der Waals surface area contributed by atoms with Crippen LogP contribution in [0.2, 0.25) is 0 Å². The van der Waals surface area contributed by atoms with Crippen molar-refractivity contribution in [2.45, 2.75) is 20.5 Å². The van der Waals surface area contributed by atoms with Gasteiger partial charge in [0.25, 0.3) is 0 Å². The van der Waals surface area contributed by atoms with E-state index in [9.17, 15) is 0 Å². The van der Waals surface area contributed by atoms with Crippen LogP contribution in [0.4, 0.5) is 0 Å². The highest BCUT2D eigenvalue weighted by Gasteiger charge is 2.06. The van der Waals surface area contributed by atoms with Crippen LogP contribution >= 0.6 is 0 Å². The number of pyridine rings is 1. The first-order chi connectivity index (χ1) is 5.69. The molecule has 1 rings (SSSR count). The molecule has 0 saturated carbocycles. The lowest BCUT2D eigenvalue weighted by Gasteiger charge is -2.03. The Bertz CT molecular complexity index is 339. The molecule has 0 aliphatic heterocycles. The molecule has 3 nitrogen and oxygen atoms in total. The molecule has 0 radical (unpaired) electrons. The summed E-state index contributed by atoms with van der Waals surface area (Å²) in [5.74, 6) is 0. The van der Waals surface area contributed by atoms with Crippen LogP contribution in [-0.2, 0) is 6.61 Å². The standard InChI is InChI=1S/C9H10N2O/c1-6-3-7(2)11-9(5-12)8(6)4-10/h3,12H,5H2,1-2H3. The first-order valence-corrected chi connectivity index (χ1v) is 3.67. The van der Waals surface area contributed by atoms with E-state index in [0.717, 1.165) is 11.3 Å². The number of aromatic nitrogens is 1. The van der Waals surface area contributed by atoms with Crippen molar-refractivity contribution in [3.05, 3.63) is 28.6 Å². The van der Waals surface area contributed by atoms with Crippen molar-refractivity contribution < 1.29 is 5.11 Å². The number of rotatable bonds is 1. The van der Waals surface area contributed by atoms with Crippen LogP contribution in [-0.4, -0.2) is 10.1 Å². The van der Waals surface area contributed by atoms with Crippen LogP contribution in [0.3, 0.4) is 0 Å². The Balaban J connectivity index is 3.36. The fourth-order valence-electron chi connectivity index (χ4n) is 1.18. The highest BCUT2D eigenvalue weighted by Crippen LogP contribution is 2.12. The van der Waals surface area contributed by atoms with E-state index < -0.39 is 0 Å². The zero-order valence-corrected chi connectivity index (χ0v) is 7.13. The summed E-state index contributed by atoms with van der Waals surface area (Å²) in [7, 11) is 0. The summed E-state index contributed by atoms with van der Waals surface area (Å²) < 4.78 is 0. The second kappa shape index (κ2) is 3.33. The highest BCUT2D eigenvalue weighted by atomic mass is 16.3. The van der Waals surface area contributed by atoms with E-state index >= 15 is 0 Å². The van der Waals surface area contributed by atoms with Crippen LogP contribution in [0.1, 0.15) is 22.5 Å². The first-order valence-electron chi connectivity index (χ1n) is 3.67. The number of aliphatic hydroxyl groups excluding tert-OH is 1. The average Bonchev–Trinajstić information content (AvgIpc) is 2.03. The van der Waals surface area contributed by atoms with Gasteiger partial charge < -0.3 is 5.11 Å². The molecule has 1 aromatic heterocycles. The van der Waals surface area contributed by atoms with Crippen molar-refractivity contribution >= 4 is 0 Å². The quantitative estimate of drug-likeness (QED) is 0.671. The van der Waals surface area contributed by atoms with Gasteiger partial charge in [-0.3, -0.25) is 4.98 Å². The van der Waals surface area contributed by atoms with Crippen molar-refractivity contribution in [2.24, 2.45) is 0 Å². The maximum absolute atomic E-state index is 8.88. The molecule has 0 spiro atoms. The summed E-state index contributed by atoms with van der Waals surface area (Å²) in [6, 6.07) is 3.85. The van der Waals surface area contributed by atoms with Crippen LogP contribution in [0.25, 0.3) is 0 Å². The summed E-state index contributed by atoms with van der Waals surface area (Å²) in [6.07, 6.45) is 0. The average molecular weight is 162 g/mol. The summed E-state index contributed by atoms with van der Waals surface area (Å²) in [4.78, 5) is 4.05. The largest absolute Gasteiger partial charge is 0.390 e. The Morgan fingerprint density at radius 3 is 2.75 bits per heavy atom. The Hall–Kier alpha value is -1.40. The molecule has 0 unspecified atom stereocenters. The molecular formula is C9H10N2O. The molecule has 3 heteroatoms. The van der Waals surface area contributed by atoms with Crippen LogP contribution in [0.5, 0.6) is 0 Å². The molecule has 0 atom stereocenters. The lowest BCUT2D eigenvalue weighted by molar-refractivity contribution is 0.276. The first kappa shape index (κ1) is 8.69. The van der Waals surface area contributed by atoms with E-state index in [1.165, 1.54) is 0 Å². The summed E-state index contributed by atoms with van der Waals surface area (Å²) >= 11 is 0. The Morgan fingerprint density at radius 1 is 1.58 bits per heavy atom. The minimum Gasteiger partial charge on any atom is -0.390 e. The van der Waals surface area contributed by atoms with Gasteiger partial charge in [0.05, 0.1) is 17.9 Å². The van der Waals surface area contributed by atoms with E-state index in [1.54, 1.807) is 0 Å². The minimum absolute atomic E-state index is 0.175. The Kier molecular flexibility index (Phi) is 2.41. The van der Waals surface area contributed by atoms with Gasteiger partial charge in [0.2, 0.25) is 0 Å². The Morgan fingerprint density at radius 2 is 2.25 bits per heavy atom. The molecule has 62 valence electrons. The van der Waals surface area contributed by atoms with Gasteiger partial charge in [-0.2, -0.15) is 5.26 Å². The molecule has 12 heavy (non-hydrogen) atoms. The predicted molar refractivity (Wildman–Crippen MR) is 44.3 cm³/mol. The summed E-state index contributed by atoms with van der Waals surface area (Å²) in [5.41, 5.74) is 2.66. The molecule has 1 N–H and O–H groups in total. The van der Waals surface area contributed by atoms with E-state index in [4.69, 9.17) is 10.4 Å². The van der Waals surface area contributed by atoms with Crippen molar-refractivity contribution in [3.8, 4) is 6.07 Å². The monoisotopic (exact) mass is 162 g/mol. The molecule has 0 fully saturated rings. The van der Waals surface area contributed by atoms with Gasteiger partial charge in [0.15, 0.2) is 0 Å². The second-order valence-corrected chi connectivity index (χ2v) is 2.67. The molecule has 1 aromatic rings. The van der Waals surface area contributed by atoms with Crippen molar-refractivity contribution in [2.75, 3.05) is 0 Å². The zero-order valence-electron chi connectivity index (χ0n) is 7.13. The molecule has 0 aromatic carbocycles. The molecule has 0 saturated heterocycles. The van der Waals surface area contributed by atoms with Crippen molar-refractivity contribution in [3.63, 3.8) is 0 Å². The molecule has 0 aliphatic carbocycles. The van der Waals surface area contributed by atoms with E-state index in [2.05, 4.69) is 4.98 Å². The van der Waals surface area contributed by atoms with Gasteiger partial charge in [0.1, 0.15) is 6.07 Å². The van der Waals surface area contributed by atoms with Crippen LogP contribution < -0.4 is 0 Å². The highest BCUT2D eigenvalue weighted by molar-refractivity contribution is 5.40. The molecule has 1 heterocycles. The fourth-order valence-corrected chi connectivity index (χ4v) is 1.18. The second-order valence-electron chi connectivity index (χ2n) is 2.67. The molecule has 0 bridgehead atoms. The zero-order chi connectivity index (χ0) is 9.14. The topological polar surface area (TPSA) is 56.9 Å². The summed E-state index contributed by atoms with van der Waals surface area (Å²) in [6.45, 7) is 3.51. The third kappa shape index (κ3) is 1.44. The lowest BCUT2D eigenvalue weighted by Crippen LogP contribution is -1.99. The number of aryl methyl sites for hydroxylation is 2. The van der Waals surface area contributed by atoms with Crippen molar-refractivity contribution in [1.82, 2.24) is 4.98 Å². The maximum atomic E-state index is 8.88.